The van der Waals surface area contributed by atoms with Crippen molar-refractivity contribution in [2.75, 3.05) is 18.8 Å². The Morgan fingerprint density at radius 2 is 2.17 bits per heavy atom. The van der Waals surface area contributed by atoms with Crippen LogP contribution in [0.5, 0.6) is 0 Å². The second-order valence-electron chi connectivity index (χ2n) is 4.70. The number of thioether (sulfide) groups is 1. The predicted octanol–water partition coefficient (Wildman–Crippen LogP) is 3.12. The van der Waals surface area contributed by atoms with Crippen LogP contribution in [-0.4, -0.2) is 29.6 Å². The Morgan fingerprint density at radius 3 is 2.78 bits per heavy atom. The van der Waals surface area contributed by atoms with Crippen molar-refractivity contribution in [1.82, 2.24) is 4.90 Å². The van der Waals surface area contributed by atoms with Crippen LogP contribution in [-0.2, 0) is 4.79 Å². The van der Waals surface area contributed by atoms with Crippen molar-refractivity contribution in [2.45, 2.75) is 18.2 Å². The number of amides is 1. The molecule has 1 aromatic rings. The van der Waals surface area contributed by atoms with Crippen molar-refractivity contribution < 1.29 is 4.79 Å². The molecule has 3 heteroatoms. The van der Waals surface area contributed by atoms with E-state index >= 15 is 0 Å². The molecule has 2 nitrogen and oxygen atoms in total. The maximum atomic E-state index is 11.7. The Bertz CT molecular complexity index is 427. The lowest BCUT2D eigenvalue weighted by molar-refractivity contribution is -0.127. The monoisotopic (exact) mass is 261 g/mol. The minimum atomic E-state index is 0.268. The van der Waals surface area contributed by atoms with Crippen LogP contribution < -0.4 is 0 Å². The fourth-order valence-electron chi connectivity index (χ4n) is 2.08. The smallest absolute Gasteiger partial charge is 0.223 e. The molecule has 96 valence electrons. The van der Waals surface area contributed by atoms with Crippen molar-refractivity contribution in [3.05, 3.63) is 42.5 Å². The van der Waals surface area contributed by atoms with Crippen molar-refractivity contribution in [1.29, 1.82) is 0 Å². The summed E-state index contributed by atoms with van der Waals surface area (Å²) in [5.74, 6) is 1.57. The van der Waals surface area contributed by atoms with Crippen LogP contribution in [0.2, 0.25) is 0 Å². The van der Waals surface area contributed by atoms with Crippen LogP contribution in [0.4, 0.5) is 0 Å². The van der Waals surface area contributed by atoms with E-state index < -0.39 is 0 Å². The number of aryl methyl sites for hydroxylation is 1. The molecule has 1 fully saturated rings. The fourth-order valence-corrected chi connectivity index (χ4v) is 2.96. The first-order chi connectivity index (χ1) is 8.69. The number of rotatable bonds is 5. The van der Waals surface area contributed by atoms with E-state index in [1.54, 1.807) is 0 Å². The molecule has 0 bridgehead atoms. The summed E-state index contributed by atoms with van der Waals surface area (Å²) in [5.41, 5.74) is 1.28. The van der Waals surface area contributed by atoms with Gasteiger partial charge in [0.2, 0.25) is 5.91 Å². The van der Waals surface area contributed by atoms with Crippen molar-refractivity contribution in [3.8, 4) is 0 Å². The van der Waals surface area contributed by atoms with Gasteiger partial charge in [0.1, 0.15) is 0 Å². The molecule has 18 heavy (non-hydrogen) atoms. The summed E-state index contributed by atoms with van der Waals surface area (Å²) >= 11 is 1.81. The van der Waals surface area contributed by atoms with Crippen molar-refractivity contribution in [3.63, 3.8) is 0 Å². The van der Waals surface area contributed by atoms with E-state index in [2.05, 4.69) is 37.8 Å². The third-order valence-electron chi connectivity index (χ3n) is 3.23. The quantitative estimate of drug-likeness (QED) is 0.599. The second kappa shape index (κ2) is 6.10. The van der Waals surface area contributed by atoms with Gasteiger partial charge in [-0.15, -0.1) is 18.3 Å². The molecular formula is C15H19NOS. The van der Waals surface area contributed by atoms with Crippen LogP contribution in [0.15, 0.2) is 41.8 Å². The first-order valence-corrected chi connectivity index (χ1v) is 7.27. The third-order valence-corrected chi connectivity index (χ3v) is 4.22. The molecule has 0 aromatic heterocycles. The number of carbonyl (C=O) groups is 1. The molecule has 0 spiro atoms. The van der Waals surface area contributed by atoms with Crippen LogP contribution in [0.25, 0.3) is 0 Å². The summed E-state index contributed by atoms with van der Waals surface area (Å²) in [6.45, 7) is 7.53. The minimum absolute atomic E-state index is 0.268. The van der Waals surface area contributed by atoms with E-state index in [1.807, 2.05) is 22.7 Å². The lowest BCUT2D eigenvalue weighted by Crippen LogP contribution is -2.27. The van der Waals surface area contributed by atoms with E-state index in [-0.39, 0.29) is 5.91 Å². The SMILES string of the molecule is C=CC1CC(=O)N(CCSc2ccc(C)cc2)C1. The summed E-state index contributed by atoms with van der Waals surface area (Å²) in [4.78, 5) is 14.9. The lowest BCUT2D eigenvalue weighted by atomic mass is 10.1. The number of carbonyl (C=O) groups excluding carboxylic acids is 1. The Labute approximate surface area is 113 Å². The van der Waals surface area contributed by atoms with Crippen LogP contribution >= 0.6 is 11.8 Å². The molecule has 0 radical (unpaired) electrons. The highest BCUT2D eigenvalue weighted by Crippen LogP contribution is 2.21. The predicted molar refractivity (Wildman–Crippen MR) is 76.8 cm³/mol. The molecule has 2 rings (SSSR count). The zero-order valence-electron chi connectivity index (χ0n) is 10.8. The molecule has 1 aromatic carbocycles. The van der Waals surface area contributed by atoms with Gasteiger partial charge in [0, 0.05) is 36.1 Å². The van der Waals surface area contributed by atoms with Gasteiger partial charge in [-0.1, -0.05) is 23.8 Å². The van der Waals surface area contributed by atoms with Gasteiger partial charge in [0.05, 0.1) is 0 Å². The van der Waals surface area contributed by atoms with Crippen LogP contribution in [0.3, 0.4) is 0 Å². The highest BCUT2D eigenvalue weighted by molar-refractivity contribution is 7.99. The summed E-state index contributed by atoms with van der Waals surface area (Å²) in [6.07, 6.45) is 2.53. The maximum absolute atomic E-state index is 11.7. The molecule has 1 heterocycles. The summed E-state index contributed by atoms with van der Waals surface area (Å²) in [5, 5.41) is 0. The highest BCUT2D eigenvalue weighted by Gasteiger charge is 2.26. The Kier molecular flexibility index (Phi) is 4.48. The zero-order chi connectivity index (χ0) is 13.0. The normalized spacial score (nSPS) is 19.3. The third kappa shape index (κ3) is 3.39. The second-order valence-corrected chi connectivity index (χ2v) is 5.87. The van der Waals surface area contributed by atoms with Gasteiger partial charge in [-0.25, -0.2) is 0 Å². The van der Waals surface area contributed by atoms with Crippen molar-refractivity contribution >= 4 is 17.7 Å². The largest absolute Gasteiger partial charge is 0.341 e. The van der Waals surface area contributed by atoms with E-state index in [9.17, 15) is 4.79 Å². The maximum Gasteiger partial charge on any atom is 0.223 e. The summed E-state index contributed by atoms with van der Waals surface area (Å²) in [7, 11) is 0. The van der Waals surface area contributed by atoms with Gasteiger partial charge < -0.3 is 4.90 Å². The van der Waals surface area contributed by atoms with Gasteiger partial charge in [0.15, 0.2) is 0 Å². The molecule has 1 amide bonds. The Hall–Kier alpha value is -1.22. The number of benzene rings is 1. The number of hydrogen-bond donors (Lipinski definition) is 0. The van der Waals surface area contributed by atoms with E-state index in [0.29, 0.717) is 12.3 Å². The fraction of sp³-hybridized carbons (Fsp3) is 0.400. The highest BCUT2D eigenvalue weighted by atomic mass is 32.2. The lowest BCUT2D eigenvalue weighted by Gasteiger charge is -2.15. The van der Waals surface area contributed by atoms with Gasteiger partial charge in [-0.3, -0.25) is 4.79 Å². The van der Waals surface area contributed by atoms with E-state index in [4.69, 9.17) is 0 Å². The topological polar surface area (TPSA) is 20.3 Å². The number of hydrogen-bond acceptors (Lipinski definition) is 2. The molecule has 1 saturated heterocycles. The van der Waals surface area contributed by atoms with Crippen LogP contribution in [0.1, 0.15) is 12.0 Å². The standard InChI is InChI=1S/C15H19NOS/c1-3-13-10-15(17)16(11-13)8-9-18-14-6-4-12(2)5-7-14/h3-7,13H,1,8-11H2,2H3. The molecule has 1 atom stereocenters. The Balaban J connectivity index is 1.77. The minimum Gasteiger partial charge on any atom is -0.341 e. The van der Waals surface area contributed by atoms with Gasteiger partial charge >= 0.3 is 0 Å². The average Bonchev–Trinajstić information content (AvgIpc) is 2.73. The zero-order valence-corrected chi connectivity index (χ0v) is 11.6. The van der Waals surface area contributed by atoms with E-state index in [1.165, 1.54) is 10.5 Å². The first kappa shape index (κ1) is 13.2. The van der Waals surface area contributed by atoms with E-state index in [0.717, 1.165) is 18.8 Å². The van der Waals surface area contributed by atoms with Crippen LogP contribution in [0, 0.1) is 12.8 Å². The van der Waals surface area contributed by atoms with Gasteiger partial charge in [-0.2, -0.15) is 0 Å². The summed E-state index contributed by atoms with van der Waals surface area (Å²) in [6, 6.07) is 8.52. The van der Waals surface area contributed by atoms with Gasteiger partial charge in [-0.05, 0) is 19.1 Å². The molecule has 0 aliphatic carbocycles. The van der Waals surface area contributed by atoms with Gasteiger partial charge in [0.25, 0.3) is 0 Å². The van der Waals surface area contributed by atoms with Crippen molar-refractivity contribution in [2.24, 2.45) is 5.92 Å². The first-order valence-electron chi connectivity index (χ1n) is 6.29. The molecule has 1 aliphatic rings. The molecule has 1 aliphatic heterocycles. The summed E-state index contributed by atoms with van der Waals surface area (Å²) < 4.78 is 0. The number of nitrogens with zero attached hydrogens (tertiary/aromatic N) is 1. The molecule has 0 saturated carbocycles. The molecule has 0 N–H and O–H groups in total. The molecule has 1 unspecified atom stereocenters. The molecular weight excluding hydrogens is 242 g/mol. The Morgan fingerprint density at radius 1 is 1.44 bits per heavy atom. The number of likely N-dealkylation sites (tertiary alicyclic amines) is 1. The average molecular weight is 261 g/mol.